The zero-order valence-corrected chi connectivity index (χ0v) is 9.89. The minimum atomic E-state index is -0.620. The number of halogens is 1. The van der Waals surface area contributed by atoms with Gasteiger partial charge in [-0.05, 0) is 23.4 Å². The molecular weight excluding hydrogens is 276 g/mol. The van der Waals surface area contributed by atoms with E-state index in [9.17, 15) is 4.79 Å². The molecule has 0 radical (unpaired) electrons. The quantitative estimate of drug-likeness (QED) is 0.791. The number of hydrogen-bond donors (Lipinski definition) is 0. The molecule has 0 saturated heterocycles. The predicted octanol–water partition coefficient (Wildman–Crippen LogP) is 2.29. The highest BCUT2D eigenvalue weighted by Gasteiger charge is 2.15. The third-order valence-corrected chi connectivity index (χ3v) is 2.36. The van der Waals surface area contributed by atoms with Gasteiger partial charge in [0, 0.05) is 10.0 Å². The van der Waals surface area contributed by atoms with Crippen LogP contribution >= 0.6 is 15.9 Å². The lowest BCUT2D eigenvalue weighted by molar-refractivity contribution is 0.0583. The molecule has 82 valence electrons. The molecule has 1 aromatic heterocycles. The minimum absolute atomic E-state index is 0.0857. The minimum Gasteiger partial charge on any atom is -0.463 e. The van der Waals surface area contributed by atoms with Gasteiger partial charge in [-0.2, -0.15) is 4.98 Å². The van der Waals surface area contributed by atoms with E-state index in [1.165, 1.54) is 7.11 Å². The van der Waals surface area contributed by atoms with E-state index >= 15 is 0 Å². The molecule has 0 amide bonds. The van der Waals surface area contributed by atoms with E-state index in [0.717, 1.165) is 10.0 Å². The number of carbonyl (C=O) groups excluding carboxylic acids is 1. The summed E-state index contributed by atoms with van der Waals surface area (Å²) in [5, 5.41) is 3.52. The second-order valence-corrected chi connectivity index (χ2v) is 3.84. The molecule has 1 heterocycles. The average molecular weight is 283 g/mol. The van der Waals surface area contributed by atoms with Crippen molar-refractivity contribution in [3.8, 4) is 11.5 Å². The van der Waals surface area contributed by atoms with Crippen LogP contribution in [0.15, 0.2) is 33.3 Å². The van der Waals surface area contributed by atoms with Gasteiger partial charge in [-0.1, -0.05) is 22.0 Å². The van der Waals surface area contributed by atoms with Crippen LogP contribution in [0.5, 0.6) is 0 Å². The van der Waals surface area contributed by atoms with Crippen LogP contribution in [-0.4, -0.2) is 23.2 Å². The van der Waals surface area contributed by atoms with E-state index in [0.29, 0.717) is 0 Å². The first-order valence-electron chi connectivity index (χ1n) is 4.38. The number of aromatic nitrogens is 2. The third-order valence-electron chi connectivity index (χ3n) is 1.87. The Morgan fingerprint density at radius 3 is 3.00 bits per heavy atom. The van der Waals surface area contributed by atoms with Gasteiger partial charge in [0.1, 0.15) is 0 Å². The first-order valence-corrected chi connectivity index (χ1v) is 5.18. The molecule has 6 heteroatoms. The Balaban J connectivity index is 2.35. The fourth-order valence-electron chi connectivity index (χ4n) is 1.14. The highest BCUT2D eigenvalue weighted by molar-refractivity contribution is 9.10. The van der Waals surface area contributed by atoms with Gasteiger partial charge in [-0.25, -0.2) is 4.79 Å². The van der Waals surface area contributed by atoms with E-state index in [4.69, 9.17) is 4.52 Å². The normalized spacial score (nSPS) is 10.1. The number of nitrogens with zero attached hydrogens (tertiary/aromatic N) is 2. The number of carbonyl (C=O) groups is 1. The number of hydrogen-bond acceptors (Lipinski definition) is 5. The number of ether oxygens (including phenoxy) is 1. The highest BCUT2D eigenvalue weighted by atomic mass is 79.9. The maximum Gasteiger partial charge on any atom is 0.379 e. The van der Waals surface area contributed by atoms with E-state index in [2.05, 4.69) is 30.8 Å². The summed E-state index contributed by atoms with van der Waals surface area (Å²) < 4.78 is 10.3. The zero-order valence-electron chi connectivity index (χ0n) is 8.31. The van der Waals surface area contributed by atoms with Gasteiger partial charge in [-0.3, -0.25) is 0 Å². The van der Waals surface area contributed by atoms with Gasteiger partial charge in [0.2, 0.25) is 0 Å². The lowest BCUT2D eigenvalue weighted by atomic mass is 10.2. The molecule has 2 rings (SSSR count). The van der Waals surface area contributed by atoms with Crippen molar-refractivity contribution in [2.45, 2.75) is 0 Å². The summed E-state index contributed by atoms with van der Waals surface area (Å²) in [6.45, 7) is 0. The third kappa shape index (κ3) is 2.11. The van der Waals surface area contributed by atoms with Crippen LogP contribution in [0.4, 0.5) is 0 Å². The SMILES string of the molecule is COC(=O)c1noc(-c2cccc(Br)c2)n1. The second kappa shape index (κ2) is 4.44. The van der Waals surface area contributed by atoms with Crippen LogP contribution in [0.2, 0.25) is 0 Å². The first-order chi connectivity index (χ1) is 7.70. The lowest BCUT2D eigenvalue weighted by Crippen LogP contribution is -2.03. The monoisotopic (exact) mass is 282 g/mol. The summed E-state index contributed by atoms with van der Waals surface area (Å²) in [6, 6.07) is 7.33. The molecule has 0 bridgehead atoms. The van der Waals surface area contributed by atoms with Crippen molar-refractivity contribution in [3.63, 3.8) is 0 Å². The van der Waals surface area contributed by atoms with Crippen LogP contribution in [0.3, 0.4) is 0 Å². The smallest absolute Gasteiger partial charge is 0.379 e. The fourth-order valence-corrected chi connectivity index (χ4v) is 1.54. The molecule has 16 heavy (non-hydrogen) atoms. The van der Waals surface area contributed by atoms with E-state index < -0.39 is 5.97 Å². The molecule has 0 N–H and O–H groups in total. The van der Waals surface area contributed by atoms with Crippen LogP contribution in [0.1, 0.15) is 10.6 Å². The Kier molecular flexibility index (Phi) is 3.00. The van der Waals surface area contributed by atoms with Crippen LogP contribution in [-0.2, 0) is 4.74 Å². The predicted molar refractivity (Wildman–Crippen MR) is 58.8 cm³/mol. The Hall–Kier alpha value is -1.69. The van der Waals surface area contributed by atoms with Crippen molar-refractivity contribution >= 4 is 21.9 Å². The van der Waals surface area contributed by atoms with Gasteiger partial charge in [0.15, 0.2) is 0 Å². The molecule has 0 aliphatic heterocycles. The Morgan fingerprint density at radius 1 is 1.50 bits per heavy atom. The molecule has 0 atom stereocenters. The van der Waals surface area contributed by atoms with Crippen LogP contribution in [0, 0.1) is 0 Å². The molecule has 0 saturated carbocycles. The molecule has 0 aliphatic carbocycles. The highest BCUT2D eigenvalue weighted by Crippen LogP contribution is 2.21. The first kappa shape index (κ1) is 10.8. The second-order valence-electron chi connectivity index (χ2n) is 2.93. The van der Waals surface area contributed by atoms with E-state index in [1.54, 1.807) is 6.07 Å². The molecule has 5 nitrogen and oxygen atoms in total. The summed E-state index contributed by atoms with van der Waals surface area (Å²) in [4.78, 5) is 15.0. The molecule has 0 unspecified atom stereocenters. The summed E-state index contributed by atoms with van der Waals surface area (Å²) in [5.74, 6) is -0.427. The Bertz CT molecular complexity index is 524. The van der Waals surface area contributed by atoms with Crippen molar-refractivity contribution in [3.05, 3.63) is 34.6 Å². The molecular formula is C10H7BrN2O3. The standard InChI is InChI=1S/C10H7BrN2O3/c1-15-10(14)8-12-9(16-13-8)6-3-2-4-7(11)5-6/h2-5H,1H3. The number of rotatable bonds is 2. The Labute approximate surface area is 99.5 Å². The average Bonchev–Trinajstić information content (AvgIpc) is 2.77. The summed E-state index contributed by atoms with van der Waals surface area (Å²) in [7, 11) is 1.26. The maximum atomic E-state index is 11.1. The summed E-state index contributed by atoms with van der Waals surface area (Å²) >= 11 is 3.33. The van der Waals surface area contributed by atoms with Crippen LogP contribution < -0.4 is 0 Å². The summed E-state index contributed by atoms with van der Waals surface area (Å²) in [5.41, 5.74) is 0.733. The number of esters is 1. The molecule has 0 fully saturated rings. The van der Waals surface area contributed by atoms with Gasteiger partial charge >= 0.3 is 5.97 Å². The van der Waals surface area contributed by atoms with Crippen molar-refractivity contribution < 1.29 is 14.1 Å². The van der Waals surface area contributed by atoms with Crippen molar-refractivity contribution in [1.82, 2.24) is 10.1 Å². The lowest BCUT2D eigenvalue weighted by Gasteiger charge is -1.93. The maximum absolute atomic E-state index is 11.1. The van der Waals surface area contributed by atoms with Gasteiger partial charge in [-0.15, -0.1) is 0 Å². The van der Waals surface area contributed by atoms with Gasteiger partial charge in [0.25, 0.3) is 11.7 Å². The van der Waals surface area contributed by atoms with Crippen molar-refractivity contribution in [1.29, 1.82) is 0 Å². The van der Waals surface area contributed by atoms with Gasteiger partial charge in [0.05, 0.1) is 7.11 Å². The summed E-state index contributed by atoms with van der Waals surface area (Å²) in [6.07, 6.45) is 0. The van der Waals surface area contributed by atoms with Gasteiger partial charge < -0.3 is 9.26 Å². The van der Waals surface area contributed by atoms with Crippen molar-refractivity contribution in [2.24, 2.45) is 0 Å². The van der Waals surface area contributed by atoms with Crippen molar-refractivity contribution in [2.75, 3.05) is 7.11 Å². The van der Waals surface area contributed by atoms with E-state index in [-0.39, 0.29) is 11.7 Å². The Morgan fingerprint density at radius 2 is 2.31 bits per heavy atom. The zero-order chi connectivity index (χ0) is 11.5. The molecule has 2 aromatic rings. The number of benzene rings is 1. The topological polar surface area (TPSA) is 65.2 Å². The fraction of sp³-hybridized carbons (Fsp3) is 0.100. The molecule has 0 aliphatic rings. The molecule has 1 aromatic carbocycles. The van der Waals surface area contributed by atoms with Crippen LogP contribution in [0.25, 0.3) is 11.5 Å². The molecule has 0 spiro atoms. The number of methoxy groups -OCH3 is 1. The largest absolute Gasteiger partial charge is 0.463 e. The van der Waals surface area contributed by atoms with E-state index in [1.807, 2.05) is 18.2 Å².